The number of amides is 1. The van der Waals surface area contributed by atoms with E-state index in [9.17, 15) is 19.2 Å². The first-order valence-electron chi connectivity index (χ1n) is 4.46. The summed E-state index contributed by atoms with van der Waals surface area (Å²) in [6, 6.07) is -3.07. The molecule has 17 heavy (non-hydrogen) atoms. The van der Waals surface area contributed by atoms with Crippen molar-refractivity contribution in [1.29, 1.82) is 0 Å². The van der Waals surface area contributed by atoms with Crippen LogP contribution in [0.25, 0.3) is 0 Å². The van der Waals surface area contributed by atoms with E-state index in [0.717, 1.165) is 0 Å². The van der Waals surface area contributed by atoms with Crippen molar-refractivity contribution in [2.75, 3.05) is 0 Å². The second kappa shape index (κ2) is 6.43. The molecule has 6 N–H and O–H groups in total. The molecule has 0 radical (unpaired) electrons. The standard InChI is InChI=1S/C8H12N2O7/c9-3(7(14)15)1-5(11)10-4(8(16)17)2-6(12)13/h3-4H,1-2,9H2,(H,10,11)(H,12,13)(H,14,15)(H,16,17)/t3-,4+/m0/s1. The molecule has 2 atom stereocenters. The number of carbonyl (C=O) groups is 4. The summed E-state index contributed by atoms with van der Waals surface area (Å²) < 4.78 is 0. The van der Waals surface area contributed by atoms with Crippen LogP contribution in [0.2, 0.25) is 0 Å². The summed E-state index contributed by atoms with van der Waals surface area (Å²) in [5.74, 6) is -5.27. The van der Waals surface area contributed by atoms with E-state index in [-0.39, 0.29) is 0 Å². The van der Waals surface area contributed by atoms with Crippen LogP contribution >= 0.6 is 0 Å². The Kier molecular flexibility index (Phi) is 5.61. The summed E-state index contributed by atoms with van der Waals surface area (Å²) in [6.45, 7) is 0. The molecule has 0 aliphatic carbocycles. The Morgan fingerprint density at radius 2 is 1.53 bits per heavy atom. The third kappa shape index (κ3) is 6.10. The van der Waals surface area contributed by atoms with Crippen molar-refractivity contribution in [2.24, 2.45) is 5.73 Å². The number of rotatable bonds is 7. The van der Waals surface area contributed by atoms with Crippen LogP contribution < -0.4 is 11.1 Å². The maximum Gasteiger partial charge on any atom is 0.326 e. The van der Waals surface area contributed by atoms with E-state index < -0.39 is 48.7 Å². The molecule has 0 aromatic carbocycles. The molecule has 0 rings (SSSR count). The molecule has 1 amide bonds. The van der Waals surface area contributed by atoms with Crippen molar-refractivity contribution < 1.29 is 34.5 Å². The zero-order valence-corrected chi connectivity index (χ0v) is 8.62. The minimum absolute atomic E-state index is 0.626. The highest BCUT2D eigenvalue weighted by Crippen LogP contribution is 1.96. The number of aliphatic carboxylic acids is 3. The quantitative estimate of drug-likeness (QED) is 0.339. The SMILES string of the molecule is N[C@@H](CC(=O)N[C@H](CC(=O)O)C(=O)O)C(=O)O. The van der Waals surface area contributed by atoms with Crippen LogP contribution in [0.5, 0.6) is 0 Å². The molecule has 9 nitrogen and oxygen atoms in total. The molecule has 0 saturated heterocycles. The summed E-state index contributed by atoms with van der Waals surface area (Å²) in [6.07, 6.45) is -1.43. The second-order valence-electron chi connectivity index (χ2n) is 3.21. The highest BCUT2D eigenvalue weighted by molar-refractivity contribution is 5.89. The van der Waals surface area contributed by atoms with Gasteiger partial charge in [0.1, 0.15) is 12.1 Å². The van der Waals surface area contributed by atoms with Gasteiger partial charge in [0.05, 0.1) is 12.8 Å². The van der Waals surface area contributed by atoms with Gasteiger partial charge in [-0.1, -0.05) is 0 Å². The van der Waals surface area contributed by atoms with E-state index in [2.05, 4.69) is 0 Å². The molecular formula is C8H12N2O7. The maximum absolute atomic E-state index is 11.1. The van der Waals surface area contributed by atoms with Gasteiger partial charge >= 0.3 is 17.9 Å². The van der Waals surface area contributed by atoms with E-state index in [1.165, 1.54) is 0 Å². The lowest BCUT2D eigenvalue weighted by atomic mass is 10.1. The summed E-state index contributed by atoms with van der Waals surface area (Å²) in [5, 5.41) is 27.2. The van der Waals surface area contributed by atoms with E-state index in [1.807, 2.05) is 5.32 Å². The topological polar surface area (TPSA) is 167 Å². The third-order valence-corrected chi connectivity index (χ3v) is 1.73. The molecule has 0 spiro atoms. The highest BCUT2D eigenvalue weighted by Gasteiger charge is 2.25. The van der Waals surface area contributed by atoms with Gasteiger partial charge in [-0.2, -0.15) is 0 Å². The lowest BCUT2D eigenvalue weighted by Gasteiger charge is -2.13. The fraction of sp³-hybridized carbons (Fsp3) is 0.500. The number of nitrogens with one attached hydrogen (secondary N) is 1. The van der Waals surface area contributed by atoms with Gasteiger partial charge in [0, 0.05) is 0 Å². The van der Waals surface area contributed by atoms with Gasteiger partial charge in [0.15, 0.2) is 0 Å². The highest BCUT2D eigenvalue weighted by atomic mass is 16.4. The van der Waals surface area contributed by atoms with Crippen LogP contribution in [0.15, 0.2) is 0 Å². The van der Waals surface area contributed by atoms with Gasteiger partial charge in [-0.05, 0) is 0 Å². The van der Waals surface area contributed by atoms with E-state index in [1.54, 1.807) is 0 Å². The largest absolute Gasteiger partial charge is 0.481 e. The van der Waals surface area contributed by atoms with Crippen LogP contribution in [-0.2, 0) is 19.2 Å². The van der Waals surface area contributed by atoms with Gasteiger partial charge < -0.3 is 26.4 Å². The van der Waals surface area contributed by atoms with Crippen molar-refractivity contribution in [2.45, 2.75) is 24.9 Å². The van der Waals surface area contributed by atoms with Crippen LogP contribution in [0.4, 0.5) is 0 Å². The van der Waals surface area contributed by atoms with E-state index in [4.69, 9.17) is 21.1 Å². The summed E-state index contributed by atoms with van der Waals surface area (Å²) in [4.78, 5) is 42.3. The molecule has 0 bridgehead atoms. The van der Waals surface area contributed by atoms with Crippen molar-refractivity contribution in [3.8, 4) is 0 Å². The predicted molar refractivity (Wildman–Crippen MR) is 52.0 cm³/mol. The molecular weight excluding hydrogens is 236 g/mol. The summed E-state index contributed by atoms with van der Waals surface area (Å²) in [5.41, 5.74) is 5.05. The lowest BCUT2D eigenvalue weighted by Crippen LogP contribution is -2.45. The normalized spacial score (nSPS) is 13.5. The fourth-order valence-corrected chi connectivity index (χ4v) is 0.915. The second-order valence-corrected chi connectivity index (χ2v) is 3.21. The monoisotopic (exact) mass is 248 g/mol. The number of hydrogen-bond acceptors (Lipinski definition) is 5. The average Bonchev–Trinajstić information content (AvgIpc) is 2.15. The Morgan fingerprint density at radius 1 is 1.00 bits per heavy atom. The molecule has 9 heteroatoms. The zero-order chi connectivity index (χ0) is 13.6. The molecule has 0 saturated carbocycles. The van der Waals surface area contributed by atoms with Crippen molar-refractivity contribution >= 4 is 23.8 Å². The number of carboxylic acid groups (broad SMARTS) is 3. The molecule has 0 heterocycles. The zero-order valence-electron chi connectivity index (χ0n) is 8.62. The molecule has 96 valence electrons. The minimum Gasteiger partial charge on any atom is -0.481 e. The van der Waals surface area contributed by atoms with E-state index >= 15 is 0 Å². The first-order valence-corrected chi connectivity index (χ1v) is 4.46. The van der Waals surface area contributed by atoms with Crippen molar-refractivity contribution in [3.63, 3.8) is 0 Å². The van der Waals surface area contributed by atoms with Crippen LogP contribution in [0.3, 0.4) is 0 Å². The van der Waals surface area contributed by atoms with Crippen LogP contribution in [-0.4, -0.2) is 51.2 Å². The van der Waals surface area contributed by atoms with Crippen molar-refractivity contribution in [3.05, 3.63) is 0 Å². The van der Waals surface area contributed by atoms with Gasteiger partial charge in [0.25, 0.3) is 0 Å². The first-order chi connectivity index (χ1) is 7.73. The first kappa shape index (κ1) is 14.8. The van der Waals surface area contributed by atoms with Gasteiger partial charge in [-0.3, -0.25) is 14.4 Å². The maximum atomic E-state index is 11.1. The Hall–Kier alpha value is -2.16. The predicted octanol–water partition coefficient (Wildman–Crippen LogP) is -2.17. The van der Waals surface area contributed by atoms with Crippen LogP contribution in [0, 0.1) is 0 Å². The average molecular weight is 248 g/mol. The van der Waals surface area contributed by atoms with E-state index in [0.29, 0.717) is 0 Å². The Labute approximate surface area is 95.2 Å². The Bertz CT molecular complexity index is 341. The van der Waals surface area contributed by atoms with Gasteiger partial charge in [0.2, 0.25) is 5.91 Å². The number of carboxylic acids is 3. The molecule has 0 aromatic rings. The molecule has 0 aliphatic rings. The van der Waals surface area contributed by atoms with Gasteiger partial charge in [-0.15, -0.1) is 0 Å². The summed E-state index contributed by atoms with van der Waals surface area (Å²) in [7, 11) is 0. The fourth-order valence-electron chi connectivity index (χ4n) is 0.915. The number of hydrogen-bond donors (Lipinski definition) is 5. The molecule has 0 aliphatic heterocycles. The third-order valence-electron chi connectivity index (χ3n) is 1.73. The summed E-state index contributed by atoms with van der Waals surface area (Å²) >= 11 is 0. The number of nitrogens with two attached hydrogens (primary N) is 1. The Morgan fingerprint density at radius 3 is 1.88 bits per heavy atom. The smallest absolute Gasteiger partial charge is 0.326 e. The molecule has 0 fully saturated rings. The molecule has 0 aromatic heterocycles. The lowest BCUT2D eigenvalue weighted by molar-refractivity contribution is -0.147. The minimum atomic E-state index is -1.61. The number of carbonyl (C=O) groups excluding carboxylic acids is 1. The van der Waals surface area contributed by atoms with Crippen LogP contribution in [0.1, 0.15) is 12.8 Å². The van der Waals surface area contributed by atoms with Gasteiger partial charge in [-0.25, -0.2) is 4.79 Å². The Balaban J connectivity index is 4.36. The molecule has 0 unspecified atom stereocenters. The van der Waals surface area contributed by atoms with Crippen molar-refractivity contribution in [1.82, 2.24) is 5.32 Å².